The Morgan fingerprint density at radius 1 is 0.857 bits per heavy atom. The first-order chi connectivity index (χ1) is 10.3. The van der Waals surface area contributed by atoms with Gasteiger partial charge in [-0.15, -0.1) is 0 Å². The van der Waals surface area contributed by atoms with Crippen molar-refractivity contribution in [2.24, 2.45) is 5.73 Å². The minimum Gasteiger partial charge on any atom is -0.378 e. The molecule has 0 aliphatic carbocycles. The Kier molecular flexibility index (Phi) is 23.2. The van der Waals surface area contributed by atoms with E-state index in [1.807, 2.05) is 13.8 Å². The average Bonchev–Trinajstić information content (AvgIpc) is 2.49. The van der Waals surface area contributed by atoms with Gasteiger partial charge < -0.3 is 30.6 Å². The summed E-state index contributed by atoms with van der Waals surface area (Å²) in [5.74, 6) is -0.0330. The zero-order valence-corrected chi connectivity index (χ0v) is 13.8. The highest BCUT2D eigenvalue weighted by atomic mass is 16.5. The van der Waals surface area contributed by atoms with Gasteiger partial charge in [-0.1, -0.05) is 13.8 Å². The molecular formula is C14H33N3O4. The van der Waals surface area contributed by atoms with Gasteiger partial charge in [0.05, 0.1) is 39.6 Å². The molecule has 7 heteroatoms. The lowest BCUT2D eigenvalue weighted by Gasteiger charge is -2.07. The van der Waals surface area contributed by atoms with Gasteiger partial charge in [0.15, 0.2) is 0 Å². The second-order valence-corrected chi connectivity index (χ2v) is 3.86. The molecule has 0 radical (unpaired) electrons. The van der Waals surface area contributed by atoms with Crippen molar-refractivity contribution >= 4 is 5.91 Å². The molecule has 0 spiro atoms. The third-order valence-electron chi connectivity index (χ3n) is 2.10. The summed E-state index contributed by atoms with van der Waals surface area (Å²) in [6, 6.07) is 0. The van der Waals surface area contributed by atoms with E-state index in [0.717, 1.165) is 13.1 Å². The fourth-order valence-electron chi connectivity index (χ4n) is 1.22. The smallest absolute Gasteiger partial charge is 0.216 e. The molecule has 0 fully saturated rings. The number of ether oxygens (including phenoxy) is 3. The first-order valence-electron chi connectivity index (χ1n) is 7.66. The van der Waals surface area contributed by atoms with Crippen LogP contribution in [-0.2, 0) is 19.0 Å². The van der Waals surface area contributed by atoms with Gasteiger partial charge in [-0.05, 0) is 0 Å². The number of nitrogens with one attached hydrogen (secondary N) is 2. The molecule has 7 nitrogen and oxygen atoms in total. The van der Waals surface area contributed by atoms with E-state index >= 15 is 0 Å². The number of hydrogen-bond donors (Lipinski definition) is 3. The predicted octanol–water partition coefficient (Wildman–Crippen LogP) is -0.253. The van der Waals surface area contributed by atoms with Crippen molar-refractivity contribution in [2.75, 3.05) is 65.8 Å². The van der Waals surface area contributed by atoms with Crippen molar-refractivity contribution in [1.29, 1.82) is 0 Å². The number of hydrogen-bond acceptors (Lipinski definition) is 6. The number of rotatable bonds is 14. The van der Waals surface area contributed by atoms with Gasteiger partial charge >= 0.3 is 0 Å². The Bertz CT molecular complexity index is 207. The molecule has 0 aromatic rings. The highest BCUT2D eigenvalue weighted by Gasteiger charge is 1.92. The van der Waals surface area contributed by atoms with Crippen molar-refractivity contribution in [3.05, 3.63) is 0 Å². The maximum absolute atomic E-state index is 10.6. The van der Waals surface area contributed by atoms with Crippen molar-refractivity contribution < 1.29 is 19.0 Å². The second kappa shape index (κ2) is 21.6. The van der Waals surface area contributed by atoms with Crippen molar-refractivity contribution in [3.8, 4) is 0 Å². The fraction of sp³-hybridized carbons (Fsp3) is 0.929. The molecule has 0 aromatic heterocycles. The summed E-state index contributed by atoms with van der Waals surface area (Å²) in [5.41, 5.74) is 5.27. The first kappa shape index (κ1) is 22.5. The molecular weight excluding hydrogens is 274 g/mol. The Labute approximate surface area is 128 Å². The monoisotopic (exact) mass is 307 g/mol. The number of carbonyl (C=O) groups excluding carboxylic acids is 1. The van der Waals surface area contributed by atoms with Crippen LogP contribution in [0.3, 0.4) is 0 Å². The van der Waals surface area contributed by atoms with Gasteiger partial charge in [0.2, 0.25) is 5.91 Å². The molecule has 0 bridgehead atoms. The maximum Gasteiger partial charge on any atom is 0.216 e. The van der Waals surface area contributed by atoms with Crippen LogP contribution in [0.1, 0.15) is 20.8 Å². The van der Waals surface area contributed by atoms with Crippen LogP contribution in [0, 0.1) is 0 Å². The lowest BCUT2D eigenvalue weighted by molar-refractivity contribution is -0.119. The molecule has 0 atom stereocenters. The molecule has 4 N–H and O–H groups in total. The van der Waals surface area contributed by atoms with Crippen LogP contribution in [0.25, 0.3) is 0 Å². The van der Waals surface area contributed by atoms with E-state index in [1.165, 1.54) is 6.92 Å². The van der Waals surface area contributed by atoms with E-state index in [9.17, 15) is 4.79 Å². The van der Waals surface area contributed by atoms with Crippen LogP contribution in [0.4, 0.5) is 0 Å². The van der Waals surface area contributed by atoms with Crippen molar-refractivity contribution in [2.45, 2.75) is 20.8 Å². The van der Waals surface area contributed by atoms with Crippen LogP contribution in [0.2, 0.25) is 0 Å². The van der Waals surface area contributed by atoms with Crippen LogP contribution in [0.5, 0.6) is 0 Å². The standard InChI is InChI=1S/C12H27N3O4.C2H6/c1-12(16)15-5-9-18-7-3-14-4-8-19-11-10-17-6-2-13;1-2/h14H,2-11,13H2,1H3,(H,15,16);1-2H3. The second-order valence-electron chi connectivity index (χ2n) is 3.86. The summed E-state index contributed by atoms with van der Waals surface area (Å²) < 4.78 is 15.8. The highest BCUT2D eigenvalue weighted by Crippen LogP contribution is 1.78. The van der Waals surface area contributed by atoms with E-state index in [2.05, 4.69) is 10.6 Å². The van der Waals surface area contributed by atoms with Gasteiger partial charge in [-0.25, -0.2) is 0 Å². The van der Waals surface area contributed by atoms with Gasteiger partial charge in [0, 0.05) is 33.1 Å². The summed E-state index contributed by atoms with van der Waals surface area (Å²) >= 11 is 0. The van der Waals surface area contributed by atoms with Crippen molar-refractivity contribution in [3.63, 3.8) is 0 Å². The molecule has 0 saturated heterocycles. The zero-order valence-electron chi connectivity index (χ0n) is 13.8. The van der Waals surface area contributed by atoms with E-state index < -0.39 is 0 Å². The molecule has 128 valence electrons. The molecule has 1 amide bonds. The van der Waals surface area contributed by atoms with Gasteiger partial charge in [-0.2, -0.15) is 0 Å². The fourth-order valence-corrected chi connectivity index (χ4v) is 1.22. The van der Waals surface area contributed by atoms with Crippen LogP contribution in [0.15, 0.2) is 0 Å². The zero-order chi connectivity index (χ0) is 16.2. The van der Waals surface area contributed by atoms with E-state index in [-0.39, 0.29) is 5.91 Å². The topological polar surface area (TPSA) is 94.8 Å². The van der Waals surface area contributed by atoms with Gasteiger partial charge in [0.25, 0.3) is 0 Å². The first-order valence-corrected chi connectivity index (χ1v) is 7.66. The summed E-state index contributed by atoms with van der Waals surface area (Å²) in [4.78, 5) is 10.6. The number of carbonyl (C=O) groups is 1. The number of nitrogens with two attached hydrogens (primary N) is 1. The van der Waals surface area contributed by atoms with E-state index in [4.69, 9.17) is 19.9 Å². The Balaban J connectivity index is 0. The highest BCUT2D eigenvalue weighted by molar-refractivity contribution is 5.72. The Morgan fingerprint density at radius 3 is 1.86 bits per heavy atom. The van der Waals surface area contributed by atoms with Gasteiger partial charge in [0.1, 0.15) is 0 Å². The lowest BCUT2D eigenvalue weighted by Crippen LogP contribution is -2.27. The summed E-state index contributed by atoms with van der Waals surface area (Å²) in [5, 5.41) is 5.85. The molecule has 0 rings (SSSR count). The lowest BCUT2D eigenvalue weighted by atomic mass is 10.6. The molecule has 0 aliphatic heterocycles. The minimum absolute atomic E-state index is 0.0330. The molecule has 0 aliphatic rings. The molecule has 0 unspecified atom stereocenters. The summed E-state index contributed by atoms with van der Waals surface area (Å²) in [6.45, 7) is 11.7. The molecule has 0 aromatic carbocycles. The van der Waals surface area contributed by atoms with E-state index in [1.54, 1.807) is 0 Å². The maximum atomic E-state index is 10.6. The normalized spacial score (nSPS) is 9.90. The largest absolute Gasteiger partial charge is 0.378 e. The van der Waals surface area contributed by atoms with Crippen LogP contribution >= 0.6 is 0 Å². The Morgan fingerprint density at radius 2 is 1.33 bits per heavy atom. The van der Waals surface area contributed by atoms with Gasteiger partial charge in [-0.3, -0.25) is 4.79 Å². The van der Waals surface area contributed by atoms with E-state index in [0.29, 0.717) is 52.7 Å². The number of amides is 1. The molecule has 0 saturated carbocycles. The van der Waals surface area contributed by atoms with Crippen molar-refractivity contribution in [1.82, 2.24) is 10.6 Å². The predicted molar refractivity (Wildman–Crippen MR) is 84.4 cm³/mol. The van der Waals surface area contributed by atoms with Crippen LogP contribution in [-0.4, -0.2) is 71.7 Å². The molecule has 0 heterocycles. The molecule has 21 heavy (non-hydrogen) atoms. The Hall–Kier alpha value is -0.730. The summed E-state index contributed by atoms with van der Waals surface area (Å²) in [7, 11) is 0. The average molecular weight is 307 g/mol. The summed E-state index contributed by atoms with van der Waals surface area (Å²) in [6.07, 6.45) is 0. The van der Waals surface area contributed by atoms with Crippen LogP contribution < -0.4 is 16.4 Å². The third-order valence-corrected chi connectivity index (χ3v) is 2.10. The quantitative estimate of drug-likeness (QED) is 0.383. The third kappa shape index (κ3) is 24.6. The SMILES string of the molecule is CC.CC(=O)NCCOCCNCCOCCOCCN. The minimum atomic E-state index is -0.0330.